The van der Waals surface area contributed by atoms with Crippen LogP contribution >= 0.6 is 11.3 Å². The molecular weight excluding hydrogens is 270 g/mol. The molecule has 6 heteroatoms. The molecule has 0 radical (unpaired) electrons. The Labute approximate surface area is 123 Å². The quantitative estimate of drug-likeness (QED) is 0.940. The van der Waals surface area contributed by atoms with Crippen molar-refractivity contribution in [3.63, 3.8) is 0 Å². The molecule has 1 aliphatic rings. The van der Waals surface area contributed by atoms with Crippen molar-refractivity contribution in [3.05, 3.63) is 16.8 Å². The van der Waals surface area contributed by atoms with Gasteiger partial charge in [-0.05, 0) is 20.8 Å². The summed E-state index contributed by atoms with van der Waals surface area (Å²) in [6.07, 6.45) is 0. The first-order chi connectivity index (χ1) is 9.70. The smallest absolute Gasteiger partial charge is 0.185 e. The third-order valence-corrected chi connectivity index (χ3v) is 4.72. The summed E-state index contributed by atoms with van der Waals surface area (Å²) in [5, 5.41) is 11.2. The number of piperazine rings is 1. The van der Waals surface area contributed by atoms with E-state index in [9.17, 15) is 0 Å². The van der Waals surface area contributed by atoms with Crippen LogP contribution in [0.4, 0.5) is 5.13 Å². The third kappa shape index (κ3) is 2.33. The first-order valence-electron chi connectivity index (χ1n) is 7.16. The van der Waals surface area contributed by atoms with Gasteiger partial charge in [0.1, 0.15) is 0 Å². The van der Waals surface area contributed by atoms with Gasteiger partial charge in [0.25, 0.3) is 0 Å². The van der Waals surface area contributed by atoms with Crippen LogP contribution in [0.5, 0.6) is 0 Å². The van der Waals surface area contributed by atoms with E-state index in [-0.39, 0.29) is 0 Å². The number of nitrogens with one attached hydrogen (secondary N) is 1. The molecule has 0 spiro atoms. The second kappa shape index (κ2) is 5.54. The van der Waals surface area contributed by atoms with Crippen LogP contribution in [-0.2, 0) is 6.54 Å². The van der Waals surface area contributed by atoms with Crippen LogP contribution in [0.1, 0.15) is 18.3 Å². The molecule has 108 valence electrons. The molecule has 0 atom stereocenters. The SMILES string of the molecule is CCn1nc(C)c(-c2csc(N3CCNCC3)n2)c1C. The molecule has 1 fully saturated rings. The summed E-state index contributed by atoms with van der Waals surface area (Å²) in [6, 6.07) is 0. The van der Waals surface area contributed by atoms with E-state index in [0.717, 1.165) is 49.2 Å². The molecule has 3 heterocycles. The van der Waals surface area contributed by atoms with Crippen molar-refractivity contribution in [2.24, 2.45) is 0 Å². The minimum Gasteiger partial charge on any atom is -0.346 e. The molecule has 0 aliphatic carbocycles. The third-order valence-electron chi connectivity index (χ3n) is 3.82. The van der Waals surface area contributed by atoms with Gasteiger partial charge in [-0.1, -0.05) is 0 Å². The van der Waals surface area contributed by atoms with Crippen molar-refractivity contribution in [2.75, 3.05) is 31.1 Å². The van der Waals surface area contributed by atoms with Crippen LogP contribution in [0.2, 0.25) is 0 Å². The van der Waals surface area contributed by atoms with E-state index in [4.69, 9.17) is 4.98 Å². The van der Waals surface area contributed by atoms with Crippen molar-refractivity contribution in [1.82, 2.24) is 20.1 Å². The topological polar surface area (TPSA) is 46.0 Å². The molecule has 0 amide bonds. The summed E-state index contributed by atoms with van der Waals surface area (Å²) < 4.78 is 2.05. The molecule has 0 bridgehead atoms. The summed E-state index contributed by atoms with van der Waals surface area (Å²) in [6.45, 7) is 11.4. The highest BCUT2D eigenvalue weighted by molar-refractivity contribution is 7.14. The van der Waals surface area contributed by atoms with E-state index in [1.165, 1.54) is 11.3 Å². The molecule has 1 saturated heterocycles. The molecule has 1 aliphatic heterocycles. The Bertz CT molecular complexity index is 595. The number of aryl methyl sites for hydroxylation is 2. The van der Waals surface area contributed by atoms with Crippen LogP contribution in [0.15, 0.2) is 5.38 Å². The Morgan fingerprint density at radius 3 is 2.70 bits per heavy atom. The first-order valence-corrected chi connectivity index (χ1v) is 8.04. The largest absolute Gasteiger partial charge is 0.346 e. The minimum atomic E-state index is 0.904. The maximum Gasteiger partial charge on any atom is 0.185 e. The van der Waals surface area contributed by atoms with Crippen LogP contribution in [-0.4, -0.2) is 40.9 Å². The van der Waals surface area contributed by atoms with Crippen molar-refractivity contribution >= 4 is 16.5 Å². The fraction of sp³-hybridized carbons (Fsp3) is 0.571. The maximum absolute atomic E-state index is 4.84. The van der Waals surface area contributed by atoms with Crippen molar-refractivity contribution in [1.29, 1.82) is 0 Å². The lowest BCUT2D eigenvalue weighted by Gasteiger charge is -2.26. The molecule has 2 aromatic heterocycles. The molecule has 0 aromatic carbocycles. The highest BCUT2D eigenvalue weighted by Gasteiger charge is 2.18. The average molecular weight is 291 g/mol. The lowest BCUT2D eigenvalue weighted by Crippen LogP contribution is -2.43. The second-order valence-corrected chi connectivity index (χ2v) is 5.95. The minimum absolute atomic E-state index is 0.904. The fourth-order valence-electron chi connectivity index (χ4n) is 2.76. The highest BCUT2D eigenvalue weighted by Crippen LogP contribution is 2.31. The Hall–Kier alpha value is -1.40. The normalized spacial score (nSPS) is 15.8. The van der Waals surface area contributed by atoms with E-state index in [1.54, 1.807) is 11.3 Å². The van der Waals surface area contributed by atoms with E-state index >= 15 is 0 Å². The molecular formula is C14H21N5S. The predicted molar refractivity (Wildman–Crippen MR) is 83.6 cm³/mol. The fourth-order valence-corrected chi connectivity index (χ4v) is 3.63. The van der Waals surface area contributed by atoms with Gasteiger partial charge in [-0.15, -0.1) is 11.3 Å². The van der Waals surface area contributed by atoms with E-state index in [1.807, 2.05) is 0 Å². The maximum atomic E-state index is 4.84. The first kappa shape index (κ1) is 13.6. The lowest BCUT2D eigenvalue weighted by molar-refractivity contribution is 0.588. The molecule has 1 N–H and O–H groups in total. The summed E-state index contributed by atoms with van der Waals surface area (Å²) in [7, 11) is 0. The van der Waals surface area contributed by atoms with Gasteiger partial charge in [-0.25, -0.2) is 4.98 Å². The summed E-state index contributed by atoms with van der Waals surface area (Å²) in [5.74, 6) is 0. The van der Waals surface area contributed by atoms with Gasteiger partial charge in [0, 0.05) is 49.4 Å². The molecule has 3 rings (SSSR count). The predicted octanol–water partition coefficient (Wildman–Crippen LogP) is 2.05. The molecule has 5 nitrogen and oxygen atoms in total. The molecule has 0 unspecified atom stereocenters. The molecule has 0 saturated carbocycles. The van der Waals surface area contributed by atoms with E-state index < -0.39 is 0 Å². The van der Waals surface area contributed by atoms with Crippen LogP contribution < -0.4 is 10.2 Å². The van der Waals surface area contributed by atoms with Gasteiger partial charge < -0.3 is 10.2 Å². The molecule has 2 aromatic rings. The standard InChI is InChI=1S/C14H21N5S/c1-4-19-11(3)13(10(2)17-19)12-9-20-14(16-12)18-7-5-15-6-8-18/h9,15H,4-8H2,1-3H3. The van der Waals surface area contributed by atoms with Crippen LogP contribution in [0.3, 0.4) is 0 Å². The van der Waals surface area contributed by atoms with Crippen molar-refractivity contribution in [3.8, 4) is 11.3 Å². The number of hydrogen-bond acceptors (Lipinski definition) is 5. The number of thiazole rings is 1. The number of rotatable bonds is 3. The van der Waals surface area contributed by atoms with Gasteiger partial charge in [-0.3, -0.25) is 4.68 Å². The van der Waals surface area contributed by atoms with Gasteiger partial charge >= 0.3 is 0 Å². The van der Waals surface area contributed by atoms with Gasteiger partial charge in [-0.2, -0.15) is 5.10 Å². The van der Waals surface area contributed by atoms with Crippen molar-refractivity contribution in [2.45, 2.75) is 27.3 Å². The van der Waals surface area contributed by atoms with Gasteiger partial charge in [0.15, 0.2) is 5.13 Å². The summed E-state index contributed by atoms with van der Waals surface area (Å²) in [4.78, 5) is 7.20. The van der Waals surface area contributed by atoms with E-state index in [0.29, 0.717) is 0 Å². The zero-order chi connectivity index (χ0) is 14.1. The average Bonchev–Trinajstić information content (AvgIpc) is 3.04. The lowest BCUT2D eigenvalue weighted by atomic mass is 10.1. The number of anilines is 1. The Kier molecular flexibility index (Phi) is 3.76. The second-order valence-electron chi connectivity index (χ2n) is 5.11. The Morgan fingerprint density at radius 2 is 2.05 bits per heavy atom. The van der Waals surface area contributed by atoms with Gasteiger partial charge in [0.2, 0.25) is 0 Å². The zero-order valence-electron chi connectivity index (χ0n) is 12.3. The zero-order valence-corrected chi connectivity index (χ0v) is 13.1. The van der Waals surface area contributed by atoms with Crippen LogP contribution in [0.25, 0.3) is 11.3 Å². The number of aromatic nitrogens is 3. The number of nitrogens with zero attached hydrogens (tertiary/aromatic N) is 4. The van der Waals surface area contributed by atoms with Crippen LogP contribution in [0, 0.1) is 13.8 Å². The van der Waals surface area contributed by atoms with E-state index in [2.05, 4.69) is 46.1 Å². The van der Waals surface area contributed by atoms with Gasteiger partial charge in [0.05, 0.1) is 11.4 Å². The molecule has 20 heavy (non-hydrogen) atoms. The number of hydrogen-bond donors (Lipinski definition) is 1. The van der Waals surface area contributed by atoms with Crippen molar-refractivity contribution < 1.29 is 0 Å². The highest BCUT2D eigenvalue weighted by atomic mass is 32.1. The Balaban J connectivity index is 1.91. The Morgan fingerprint density at radius 1 is 1.30 bits per heavy atom. The monoisotopic (exact) mass is 291 g/mol. The summed E-state index contributed by atoms with van der Waals surface area (Å²) in [5.41, 5.74) is 4.55. The summed E-state index contributed by atoms with van der Waals surface area (Å²) >= 11 is 1.74.